The highest BCUT2D eigenvalue weighted by atomic mass is 32.2. The molecule has 1 atom stereocenters. The molecule has 0 saturated heterocycles. The second kappa shape index (κ2) is 7.41. The lowest BCUT2D eigenvalue weighted by atomic mass is 10.2. The van der Waals surface area contributed by atoms with Gasteiger partial charge < -0.3 is 4.74 Å². The van der Waals surface area contributed by atoms with Crippen LogP contribution in [-0.2, 0) is 9.53 Å². The van der Waals surface area contributed by atoms with Crippen molar-refractivity contribution in [3.05, 3.63) is 5.82 Å². The molecule has 0 amide bonds. The van der Waals surface area contributed by atoms with Crippen LogP contribution in [0.1, 0.15) is 52.3 Å². The number of nitrogens with zero attached hydrogens (tertiary/aromatic N) is 2. The maximum atomic E-state index is 11.7. The molecule has 6 heteroatoms. The standard InChI is InChI=1S/C12H21N3O2S/c1-5-6-7-17-11(16)9(4)18-12-13-10(8(2)3)14-15-12/h8-9H,5-7H2,1-4H3,(H,13,14,15). The van der Waals surface area contributed by atoms with E-state index < -0.39 is 0 Å². The summed E-state index contributed by atoms with van der Waals surface area (Å²) in [6.45, 7) is 8.44. The Bertz CT molecular complexity index is 379. The predicted molar refractivity (Wildman–Crippen MR) is 71.7 cm³/mol. The van der Waals surface area contributed by atoms with Crippen LogP contribution in [-0.4, -0.2) is 33.0 Å². The molecule has 18 heavy (non-hydrogen) atoms. The Morgan fingerprint density at radius 1 is 1.44 bits per heavy atom. The summed E-state index contributed by atoms with van der Waals surface area (Å²) in [6, 6.07) is 0. The summed E-state index contributed by atoms with van der Waals surface area (Å²) in [7, 11) is 0. The molecule has 0 radical (unpaired) electrons. The van der Waals surface area contributed by atoms with Crippen molar-refractivity contribution in [2.24, 2.45) is 0 Å². The third kappa shape index (κ3) is 4.68. The van der Waals surface area contributed by atoms with Crippen molar-refractivity contribution in [1.29, 1.82) is 0 Å². The van der Waals surface area contributed by atoms with Gasteiger partial charge in [-0.05, 0) is 13.3 Å². The van der Waals surface area contributed by atoms with Gasteiger partial charge in [-0.25, -0.2) is 4.98 Å². The second-order valence-corrected chi connectivity index (χ2v) is 5.75. The zero-order valence-corrected chi connectivity index (χ0v) is 12.2. The van der Waals surface area contributed by atoms with E-state index in [4.69, 9.17) is 4.74 Å². The number of carbonyl (C=O) groups is 1. The van der Waals surface area contributed by atoms with Crippen LogP contribution in [0.5, 0.6) is 0 Å². The number of thioether (sulfide) groups is 1. The monoisotopic (exact) mass is 271 g/mol. The number of ether oxygens (including phenoxy) is 1. The van der Waals surface area contributed by atoms with Crippen LogP contribution in [0.2, 0.25) is 0 Å². The number of H-pyrrole nitrogens is 1. The zero-order valence-electron chi connectivity index (χ0n) is 11.4. The van der Waals surface area contributed by atoms with Gasteiger partial charge in [0.25, 0.3) is 0 Å². The van der Waals surface area contributed by atoms with E-state index in [1.165, 1.54) is 11.8 Å². The molecule has 5 nitrogen and oxygen atoms in total. The van der Waals surface area contributed by atoms with Crippen molar-refractivity contribution in [2.45, 2.75) is 56.9 Å². The SMILES string of the molecule is CCCCOC(=O)C(C)Sc1n[nH]c(C(C)C)n1. The minimum atomic E-state index is -0.280. The summed E-state index contributed by atoms with van der Waals surface area (Å²) in [5.74, 6) is 0.937. The highest BCUT2D eigenvalue weighted by Crippen LogP contribution is 2.21. The molecule has 0 aliphatic carbocycles. The van der Waals surface area contributed by atoms with Gasteiger partial charge in [-0.3, -0.25) is 9.89 Å². The van der Waals surface area contributed by atoms with E-state index in [1.54, 1.807) is 0 Å². The number of esters is 1. The first-order valence-electron chi connectivity index (χ1n) is 6.30. The summed E-state index contributed by atoms with van der Waals surface area (Å²) in [5, 5.41) is 7.26. The molecular formula is C12H21N3O2S. The van der Waals surface area contributed by atoms with Crippen molar-refractivity contribution in [1.82, 2.24) is 15.2 Å². The number of aromatic amines is 1. The van der Waals surface area contributed by atoms with Crippen molar-refractivity contribution in [3.63, 3.8) is 0 Å². The van der Waals surface area contributed by atoms with Crippen LogP contribution in [0.4, 0.5) is 0 Å². The molecule has 1 unspecified atom stereocenters. The number of unbranched alkanes of at least 4 members (excludes halogenated alkanes) is 1. The topological polar surface area (TPSA) is 67.9 Å². The van der Waals surface area contributed by atoms with Gasteiger partial charge in [0.05, 0.1) is 6.61 Å². The minimum absolute atomic E-state index is 0.204. The number of nitrogens with one attached hydrogen (secondary N) is 1. The van der Waals surface area contributed by atoms with E-state index in [2.05, 4.69) is 22.1 Å². The fourth-order valence-electron chi connectivity index (χ4n) is 1.21. The maximum absolute atomic E-state index is 11.7. The average Bonchev–Trinajstić information content (AvgIpc) is 2.77. The molecule has 1 heterocycles. The first-order chi connectivity index (χ1) is 8.54. The Morgan fingerprint density at radius 2 is 2.17 bits per heavy atom. The number of rotatable bonds is 7. The van der Waals surface area contributed by atoms with E-state index in [9.17, 15) is 4.79 Å². The smallest absolute Gasteiger partial charge is 0.319 e. The van der Waals surface area contributed by atoms with Crippen molar-refractivity contribution < 1.29 is 9.53 Å². The Morgan fingerprint density at radius 3 is 2.72 bits per heavy atom. The van der Waals surface area contributed by atoms with Gasteiger partial charge in [-0.2, -0.15) is 0 Å². The van der Waals surface area contributed by atoms with Crippen LogP contribution in [0.3, 0.4) is 0 Å². The number of carbonyl (C=O) groups excluding carboxylic acids is 1. The summed E-state index contributed by atoms with van der Waals surface area (Å²) in [4.78, 5) is 16.0. The molecule has 0 aliphatic heterocycles. The molecular weight excluding hydrogens is 250 g/mol. The normalized spacial score (nSPS) is 12.7. The van der Waals surface area contributed by atoms with Gasteiger partial charge in [-0.15, -0.1) is 5.10 Å². The summed E-state index contributed by atoms with van der Waals surface area (Å²) < 4.78 is 5.15. The van der Waals surface area contributed by atoms with Gasteiger partial charge in [-0.1, -0.05) is 39.0 Å². The minimum Gasteiger partial charge on any atom is -0.465 e. The van der Waals surface area contributed by atoms with Gasteiger partial charge >= 0.3 is 5.97 Å². The Labute approximate surface area is 112 Å². The third-order valence-corrected chi connectivity index (χ3v) is 3.32. The highest BCUT2D eigenvalue weighted by molar-refractivity contribution is 8.00. The van der Waals surface area contributed by atoms with Crippen LogP contribution >= 0.6 is 11.8 Å². The molecule has 1 N–H and O–H groups in total. The molecule has 0 aromatic carbocycles. The molecule has 0 saturated carbocycles. The fraction of sp³-hybridized carbons (Fsp3) is 0.750. The lowest BCUT2D eigenvalue weighted by Crippen LogP contribution is -2.17. The first-order valence-corrected chi connectivity index (χ1v) is 7.18. The maximum Gasteiger partial charge on any atom is 0.319 e. The summed E-state index contributed by atoms with van der Waals surface area (Å²) in [5.41, 5.74) is 0. The number of hydrogen-bond acceptors (Lipinski definition) is 5. The molecule has 1 aromatic heterocycles. The third-order valence-electron chi connectivity index (χ3n) is 2.39. The molecule has 1 rings (SSSR count). The van der Waals surface area contributed by atoms with Crippen LogP contribution in [0.15, 0.2) is 5.16 Å². The Hall–Kier alpha value is -1.04. The van der Waals surface area contributed by atoms with Crippen LogP contribution in [0, 0.1) is 0 Å². The Balaban J connectivity index is 2.42. The highest BCUT2D eigenvalue weighted by Gasteiger charge is 2.18. The lowest BCUT2D eigenvalue weighted by Gasteiger charge is -2.08. The van der Waals surface area contributed by atoms with E-state index >= 15 is 0 Å². The largest absolute Gasteiger partial charge is 0.465 e. The molecule has 0 aliphatic rings. The molecule has 0 fully saturated rings. The van der Waals surface area contributed by atoms with Crippen molar-refractivity contribution in [3.8, 4) is 0 Å². The number of hydrogen-bond donors (Lipinski definition) is 1. The molecule has 0 bridgehead atoms. The number of aromatic nitrogens is 3. The molecule has 0 spiro atoms. The summed E-state index contributed by atoms with van der Waals surface area (Å²) >= 11 is 1.32. The Kier molecular flexibility index (Phi) is 6.18. The first kappa shape index (κ1) is 15.0. The van der Waals surface area contributed by atoms with E-state index in [0.29, 0.717) is 17.7 Å². The van der Waals surface area contributed by atoms with E-state index in [-0.39, 0.29) is 11.2 Å². The van der Waals surface area contributed by atoms with Gasteiger partial charge in [0.2, 0.25) is 5.16 Å². The quantitative estimate of drug-likeness (QED) is 0.469. The predicted octanol–water partition coefficient (Wildman–Crippen LogP) is 2.75. The molecule has 1 aromatic rings. The van der Waals surface area contributed by atoms with Crippen molar-refractivity contribution in [2.75, 3.05) is 6.61 Å². The van der Waals surface area contributed by atoms with Gasteiger partial charge in [0, 0.05) is 5.92 Å². The molecule has 102 valence electrons. The lowest BCUT2D eigenvalue weighted by molar-refractivity contribution is -0.142. The van der Waals surface area contributed by atoms with Crippen LogP contribution in [0.25, 0.3) is 0 Å². The van der Waals surface area contributed by atoms with E-state index in [1.807, 2.05) is 20.8 Å². The van der Waals surface area contributed by atoms with Gasteiger partial charge in [0.1, 0.15) is 11.1 Å². The van der Waals surface area contributed by atoms with Crippen molar-refractivity contribution >= 4 is 17.7 Å². The average molecular weight is 271 g/mol. The zero-order chi connectivity index (χ0) is 13.5. The second-order valence-electron chi connectivity index (χ2n) is 4.44. The van der Waals surface area contributed by atoms with Crippen LogP contribution < -0.4 is 0 Å². The summed E-state index contributed by atoms with van der Waals surface area (Å²) in [6.07, 6.45) is 1.93. The van der Waals surface area contributed by atoms with Gasteiger partial charge in [0.15, 0.2) is 0 Å². The van der Waals surface area contributed by atoms with E-state index in [0.717, 1.165) is 18.7 Å². The fourth-order valence-corrected chi connectivity index (χ4v) is 1.94.